The maximum Gasteiger partial charge on any atom is 0.260 e. The first-order valence-electron chi connectivity index (χ1n) is 7.56. The molecule has 0 saturated heterocycles. The Hall–Kier alpha value is -1.96. The lowest BCUT2D eigenvalue weighted by Gasteiger charge is -2.02. The summed E-state index contributed by atoms with van der Waals surface area (Å²) in [6.45, 7) is 2.01. The van der Waals surface area contributed by atoms with E-state index >= 15 is 0 Å². The zero-order valence-corrected chi connectivity index (χ0v) is 15.7. The lowest BCUT2D eigenvalue weighted by Crippen LogP contribution is -2.08. The van der Waals surface area contributed by atoms with Crippen molar-refractivity contribution in [2.75, 3.05) is 0 Å². The normalized spacial score (nSPS) is 11.3. The summed E-state index contributed by atoms with van der Waals surface area (Å²) in [7, 11) is 0. The molecule has 3 heterocycles. The first kappa shape index (κ1) is 16.5. The highest BCUT2D eigenvalue weighted by molar-refractivity contribution is 7.98. The average molecular weight is 389 g/mol. The van der Waals surface area contributed by atoms with Crippen LogP contribution in [-0.2, 0) is 5.75 Å². The van der Waals surface area contributed by atoms with Gasteiger partial charge in [-0.2, -0.15) is 0 Å². The van der Waals surface area contributed by atoms with Gasteiger partial charge in [0.15, 0.2) is 5.16 Å². The molecule has 0 aliphatic heterocycles. The summed E-state index contributed by atoms with van der Waals surface area (Å²) in [5, 5.41) is 3.21. The summed E-state index contributed by atoms with van der Waals surface area (Å²) in [5.74, 6) is 0.290. The number of aromatic nitrogens is 2. The van der Waals surface area contributed by atoms with Gasteiger partial charge in [-0.3, -0.25) is 4.79 Å². The second-order valence-electron chi connectivity index (χ2n) is 5.48. The molecule has 0 aliphatic carbocycles. The monoisotopic (exact) mass is 388 g/mol. The van der Waals surface area contributed by atoms with Crippen LogP contribution >= 0.6 is 34.4 Å². The van der Waals surface area contributed by atoms with Gasteiger partial charge in [-0.15, -0.1) is 22.7 Å². The summed E-state index contributed by atoms with van der Waals surface area (Å²) < 4.78 is 13.3. The maximum atomic E-state index is 13.3. The van der Waals surface area contributed by atoms with Crippen molar-refractivity contribution in [1.29, 1.82) is 0 Å². The second kappa shape index (κ2) is 6.74. The molecule has 1 aromatic carbocycles. The van der Waals surface area contributed by atoms with Crippen LogP contribution in [0.5, 0.6) is 0 Å². The first-order valence-corrected chi connectivity index (χ1v) is 10.2. The van der Waals surface area contributed by atoms with E-state index in [4.69, 9.17) is 0 Å². The number of hydrogen-bond acceptors (Lipinski definition) is 5. The number of fused-ring (bicyclic) bond motifs is 1. The Kier molecular flexibility index (Phi) is 4.45. The maximum absolute atomic E-state index is 13.3. The van der Waals surface area contributed by atoms with Gasteiger partial charge in [0.1, 0.15) is 10.6 Å². The third-order valence-electron chi connectivity index (χ3n) is 3.75. The minimum Gasteiger partial charge on any atom is -0.301 e. The second-order valence-corrected chi connectivity index (χ2v) is 8.60. The molecular formula is C18H13FN2OS3. The van der Waals surface area contributed by atoms with Crippen LogP contribution in [0.2, 0.25) is 0 Å². The molecule has 3 aromatic heterocycles. The van der Waals surface area contributed by atoms with Crippen molar-refractivity contribution < 1.29 is 4.39 Å². The van der Waals surface area contributed by atoms with Gasteiger partial charge in [0.2, 0.25) is 0 Å². The molecule has 25 heavy (non-hydrogen) atoms. The SMILES string of the molecule is Cc1sc2nc(SCc3cccc(F)c3)[nH]c(=O)c2c1-c1cccs1. The highest BCUT2D eigenvalue weighted by atomic mass is 32.2. The van der Waals surface area contributed by atoms with Gasteiger partial charge < -0.3 is 4.98 Å². The smallest absolute Gasteiger partial charge is 0.260 e. The molecule has 0 bridgehead atoms. The van der Waals surface area contributed by atoms with Gasteiger partial charge in [-0.25, -0.2) is 9.37 Å². The lowest BCUT2D eigenvalue weighted by molar-refractivity contribution is 0.626. The highest BCUT2D eigenvalue weighted by Gasteiger charge is 2.17. The number of hydrogen-bond donors (Lipinski definition) is 1. The van der Waals surface area contributed by atoms with E-state index in [1.54, 1.807) is 17.4 Å². The Bertz CT molecular complexity index is 1100. The molecule has 7 heteroatoms. The Balaban J connectivity index is 1.70. The minimum absolute atomic E-state index is 0.125. The molecule has 0 radical (unpaired) electrons. The number of halogens is 1. The quantitative estimate of drug-likeness (QED) is 0.373. The number of nitrogens with zero attached hydrogens (tertiary/aromatic N) is 1. The summed E-state index contributed by atoms with van der Waals surface area (Å²) in [5.41, 5.74) is 1.71. The van der Waals surface area contributed by atoms with E-state index in [1.165, 1.54) is 35.2 Å². The summed E-state index contributed by atoms with van der Waals surface area (Å²) in [4.78, 5) is 23.0. The predicted molar refractivity (Wildman–Crippen MR) is 104 cm³/mol. The van der Waals surface area contributed by atoms with Crippen LogP contribution in [-0.4, -0.2) is 9.97 Å². The Morgan fingerprint density at radius 3 is 2.92 bits per heavy atom. The van der Waals surface area contributed by atoms with Crippen LogP contribution in [0.25, 0.3) is 20.7 Å². The molecule has 0 unspecified atom stereocenters. The molecule has 0 fully saturated rings. The van der Waals surface area contributed by atoms with Crippen molar-refractivity contribution in [3.05, 3.63) is 68.4 Å². The van der Waals surface area contributed by atoms with Crippen molar-refractivity contribution in [3.63, 3.8) is 0 Å². The van der Waals surface area contributed by atoms with Gasteiger partial charge in [-0.1, -0.05) is 30.0 Å². The van der Waals surface area contributed by atoms with Gasteiger partial charge >= 0.3 is 0 Å². The standard InChI is InChI=1S/C18H13FN2OS3/c1-10-14(13-6-3-7-23-13)15-16(22)20-18(21-17(15)25-10)24-9-11-4-2-5-12(19)8-11/h2-8H,9H2,1H3,(H,20,21,22). The fraction of sp³-hybridized carbons (Fsp3) is 0.111. The number of aryl methyl sites for hydroxylation is 1. The number of H-pyrrole nitrogens is 1. The number of thiophene rings is 2. The van der Waals surface area contributed by atoms with Crippen LogP contribution in [0, 0.1) is 12.7 Å². The van der Waals surface area contributed by atoms with E-state index in [9.17, 15) is 9.18 Å². The van der Waals surface area contributed by atoms with Gasteiger partial charge in [0, 0.05) is 21.1 Å². The van der Waals surface area contributed by atoms with Crippen molar-refractivity contribution in [3.8, 4) is 10.4 Å². The summed E-state index contributed by atoms with van der Waals surface area (Å²) in [6, 6.07) is 10.4. The third-order valence-corrected chi connectivity index (χ3v) is 6.58. The van der Waals surface area contributed by atoms with Crippen LogP contribution in [0.1, 0.15) is 10.4 Å². The van der Waals surface area contributed by atoms with Crippen LogP contribution in [0.4, 0.5) is 4.39 Å². The number of benzene rings is 1. The molecule has 3 nitrogen and oxygen atoms in total. The zero-order valence-electron chi connectivity index (χ0n) is 13.2. The van der Waals surface area contributed by atoms with Crippen LogP contribution in [0.3, 0.4) is 0 Å². The van der Waals surface area contributed by atoms with Crippen molar-refractivity contribution in [2.45, 2.75) is 17.8 Å². The summed E-state index contributed by atoms with van der Waals surface area (Å²) >= 11 is 4.55. The first-order chi connectivity index (χ1) is 12.1. The van der Waals surface area contributed by atoms with Gasteiger partial charge in [0.05, 0.1) is 5.39 Å². The fourth-order valence-corrected chi connectivity index (χ4v) is 5.46. The van der Waals surface area contributed by atoms with Crippen LogP contribution < -0.4 is 5.56 Å². The van der Waals surface area contributed by atoms with E-state index in [0.717, 1.165) is 25.7 Å². The molecule has 0 aliphatic rings. The summed E-state index contributed by atoms with van der Waals surface area (Å²) in [6.07, 6.45) is 0. The Morgan fingerprint density at radius 1 is 1.28 bits per heavy atom. The van der Waals surface area contributed by atoms with Crippen molar-refractivity contribution >= 4 is 44.7 Å². The van der Waals surface area contributed by atoms with E-state index in [2.05, 4.69) is 9.97 Å². The zero-order chi connectivity index (χ0) is 17.4. The number of thioether (sulfide) groups is 1. The lowest BCUT2D eigenvalue weighted by atomic mass is 10.1. The van der Waals surface area contributed by atoms with Crippen molar-refractivity contribution in [1.82, 2.24) is 9.97 Å². The van der Waals surface area contributed by atoms with Gasteiger partial charge in [0.25, 0.3) is 5.56 Å². The molecule has 0 atom stereocenters. The van der Waals surface area contributed by atoms with Crippen molar-refractivity contribution in [2.24, 2.45) is 0 Å². The minimum atomic E-state index is -0.260. The van der Waals surface area contributed by atoms with E-state index in [-0.39, 0.29) is 11.4 Å². The van der Waals surface area contributed by atoms with Crippen LogP contribution in [0.15, 0.2) is 51.7 Å². The molecule has 126 valence electrons. The highest BCUT2D eigenvalue weighted by Crippen LogP contribution is 2.38. The third kappa shape index (κ3) is 3.27. The predicted octanol–water partition coefficient (Wildman–Crippen LogP) is 5.45. The molecular weight excluding hydrogens is 375 g/mol. The number of nitrogens with one attached hydrogen (secondary N) is 1. The average Bonchev–Trinajstić information content (AvgIpc) is 3.20. The van der Waals surface area contributed by atoms with Gasteiger partial charge in [-0.05, 0) is 36.1 Å². The molecule has 0 saturated carbocycles. The molecule has 4 rings (SSSR count). The number of rotatable bonds is 4. The molecule has 0 spiro atoms. The van der Waals surface area contributed by atoms with E-state index in [1.807, 2.05) is 30.5 Å². The van der Waals surface area contributed by atoms with E-state index in [0.29, 0.717) is 16.3 Å². The largest absolute Gasteiger partial charge is 0.301 e. The topological polar surface area (TPSA) is 45.8 Å². The Morgan fingerprint density at radius 2 is 2.16 bits per heavy atom. The molecule has 0 amide bonds. The molecule has 1 N–H and O–H groups in total. The Labute approximate surface area is 155 Å². The van der Waals surface area contributed by atoms with E-state index < -0.39 is 0 Å². The fourth-order valence-electron chi connectivity index (χ4n) is 2.66. The molecule has 4 aromatic rings. The number of aromatic amines is 1.